The van der Waals surface area contributed by atoms with E-state index in [9.17, 15) is 18.0 Å². The molecule has 2 aromatic rings. The number of aromatic nitrogens is 2. The van der Waals surface area contributed by atoms with Gasteiger partial charge in [-0.1, -0.05) is 63.4 Å². The Kier molecular flexibility index (Phi) is 5.85. The minimum Gasteiger partial charge on any atom is -0.447 e. The van der Waals surface area contributed by atoms with Gasteiger partial charge in [-0.2, -0.15) is 27.1 Å². The molecule has 3 rings (SSSR count). The van der Waals surface area contributed by atoms with E-state index >= 15 is 8.78 Å². The third kappa shape index (κ3) is 3.71. The third-order valence-corrected chi connectivity index (χ3v) is 6.33. The van der Waals surface area contributed by atoms with Crippen molar-refractivity contribution >= 4 is 37.8 Å². The molecule has 4 nitrogen and oxygen atoms in total. The van der Waals surface area contributed by atoms with Gasteiger partial charge in [-0.3, -0.25) is 4.68 Å². The van der Waals surface area contributed by atoms with Gasteiger partial charge in [0, 0.05) is 6.54 Å². The summed E-state index contributed by atoms with van der Waals surface area (Å²) in [6, 6.07) is 7.21. The molecule has 0 saturated heterocycles. The van der Waals surface area contributed by atoms with Crippen molar-refractivity contribution in [2.24, 2.45) is 0 Å². The lowest BCUT2D eigenvalue weighted by Crippen LogP contribution is -2.38. The Balaban J connectivity index is 2.14. The van der Waals surface area contributed by atoms with Crippen molar-refractivity contribution in [1.82, 2.24) is 9.78 Å². The molecule has 1 atom stereocenters. The highest BCUT2D eigenvalue weighted by Gasteiger charge is 2.70. The number of alkyl halides is 7. The molecule has 0 saturated carbocycles. The average molecular weight is 546 g/mol. The van der Waals surface area contributed by atoms with Crippen molar-refractivity contribution in [3.63, 3.8) is 0 Å². The summed E-state index contributed by atoms with van der Waals surface area (Å²) < 4.78 is 74.7. The van der Waals surface area contributed by atoms with Crippen LogP contribution in [-0.4, -0.2) is 21.7 Å². The molecule has 0 unspecified atom stereocenters. The first-order valence-corrected chi connectivity index (χ1v) is 10.2. The minimum absolute atomic E-state index is 0.00327. The van der Waals surface area contributed by atoms with Crippen LogP contribution in [-0.2, 0) is 20.7 Å². The molecule has 0 bridgehead atoms. The van der Waals surface area contributed by atoms with Crippen LogP contribution in [0.3, 0.4) is 0 Å². The largest absolute Gasteiger partial charge is 0.447 e. The lowest BCUT2D eigenvalue weighted by atomic mass is 10.1. The molecule has 0 radical (unpaired) electrons. The molecule has 0 N–H and O–H groups in total. The summed E-state index contributed by atoms with van der Waals surface area (Å²) in [5, 5.41) is 3.54. The van der Waals surface area contributed by atoms with Crippen LogP contribution < -0.4 is 0 Å². The average Bonchev–Trinajstić information content (AvgIpc) is 3.10. The second-order valence-electron chi connectivity index (χ2n) is 6.53. The molecule has 1 heterocycles. The predicted molar refractivity (Wildman–Crippen MR) is 101 cm³/mol. The fraction of sp³-hybridized carbons (Fsp3) is 0.444. The van der Waals surface area contributed by atoms with E-state index in [1.54, 1.807) is 6.07 Å². The van der Waals surface area contributed by atoms with Gasteiger partial charge in [-0.05, 0) is 18.6 Å². The van der Waals surface area contributed by atoms with E-state index in [2.05, 4.69) is 37.0 Å². The smallest absolute Gasteiger partial charge is 0.435 e. The molecule has 0 amide bonds. The van der Waals surface area contributed by atoms with Crippen LogP contribution in [0.4, 0.5) is 22.0 Å². The standard InChI is InChI=1S/C18H15Br2F5N2O2/c1-2-3-9-27-13-11(12(26-27)18(23,24)25)14(17(21,22)16(13,19)20)29-15(28)10-7-5-4-6-8-10/h4-8,14H,2-3,9H2,1H3/t14-/m0/s1. The molecule has 158 valence electrons. The number of hydrogen-bond donors (Lipinski definition) is 0. The van der Waals surface area contributed by atoms with Crippen LogP contribution in [0, 0.1) is 0 Å². The highest BCUT2D eigenvalue weighted by atomic mass is 79.9. The van der Waals surface area contributed by atoms with Crippen LogP contribution in [0.25, 0.3) is 0 Å². The zero-order valence-electron chi connectivity index (χ0n) is 14.9. The maximum atomic E-state index is 15.2. The summed E-state index contributed by atoms with van der Waals surface area (Å²) in [4.78, 5) is 12.4. The number of halogens is 7. The zero-order valence-corrected chi connectivity index (χ0v) is 18.1. The molecule has 1 aliphatic rings. The van der Waals surface area contributed by atoms with E-state index in [0.29, 0.717) is 12.8 Å². The molecular formula is C18H15Br2F5N2O2. The number of ether oxygens (including phenoxy) is 1. The van der Waals surface area contributed by atoms with Crippen molar-refractivity contribution in [3.05, 3.63) is 52.8 Å². The molecular weight excluding hydrogens is 531 g/mol. The Labute approximate surface area is 179 Å². The summed E-state index contributed by atoms with van der Waals surface area (Å²) in [5.41, 5.74) is -2.81. The Morgan fingerprint density at radius 3 is 2.41 bits per heavy atom. The van der Waals surface area contributed by atoms with Gasteiger partial charge in [0.2, 0.25) is 0 Å². The van der Waals surface area contributed by atoms with Gasteiger partial charge in [-0.15, -0.1) is 0 Å². The predicted octanol–water partition coefficient (Wildman–Crippen LogP) is 6.19. The monoisotopic (exact) mass is 544 g/mol. The fourth-order valence-corrected chi connectivity index (χ4v) is 4.37. The second kappa shape index (κ2) is 7.64. The molecule has 0 fully saturated rings. The van der Waals surface area contributed by atoms with E-state index in [-0.39, 0.29) is 12.1 Å². The van der Waals surface area contributed by atoms with Crippen molar-refractivity contribution in [2.45, 2.75) is 47.7 Å². The molecule has 1 aromatic carbocycles. The van der Waals surface area contributed by atoms with Gasteiger partial charge in [0.05, 0.1) is 16.8 Å². The van der Waals surface area contributed by atoms with E-state index in [0.717, 1.165) is 4.68 Å². The van der Waals surface area contributed by atoms with Crippen molar-refractivity contribution in [3.8, 4) is 0 Å². The number of aryl methyl sites for hydroxylation is 1. The summed E-state index contributed by atoms with van der Waals surface area (Å²) >= 11 is 5.64. The molecule has 11 heteroatoms. The summed E-state index contributed by atoms with van der Waals surface area (Å²) in [6.07, 6.45) is -6.43. The maximum Gasteiger partial charge on any atom is 0.435 e. The summed E-state index contributed by atoms with van der Waals surface area (Å²) in [5.74, 6) is -5.08. The number of esters is 1. The van der Waals surface area contributed by atoms with Crippen molar-refractivity contribution in [2.75, 3.05) is 0 Å². The van der Waals surface area contributed by atoms with Crippen molar-refractivity contribution < 1.29 is 31.5 Å². The Morgan fingerprint density at radius 1 is 1.24 bits per heavy atom. The summed E-state index contributed by atoms with van der Waals surface area (Å²) in [7, 11) is 0. The first-order chi connectivity index (χ1) is 13.4. The Bertz CT molecular complexity index is 913. The number of nitrogens with zero attached hydrogens (tertiary/aromatic N) is 2. The lowest BCUT2D eigenvalue weighted by molar-refractivity contribution is -0.147. The number of fused-ring (bicyclic) bond motifs is 1. The Hall–Kier alpha value is -1.49. The van der Waals surface area contributed by atoms with Gasteiger partial charge in [0.25, 0.3) is 0 Å². The second-order valence-corrected chi connectivity index (χ2v) is 9.98. The van der Waals surface area contributed by atoms with E-state index in [4.69, 9.17) is 4.74 Å². The lowest BCUT2D eigenvalue weighted by Gasteiger charge is -2.28. The number of carbonyl (C=O) groups is 1. The first-order valence-electron chi connectivity index (χ1n) is 8.63. The zero-order chi connectivity index (χ0) is 21.6. The van der Waals surface area contributed by atoms with E-state index in [1.807, 2.05) is 6.92 Å². The number of rotatable bonds is 5. The molecule has 0 aliphatic heterocycles. The summed E-state index contributed by atoms with van der Waals surface area (Å²) in [6.45, 7) is 1.81. The SMILES string of the molecule is CCCCn1nc(C(F)(F)F)c2c1C(Br)(Br)C(F)(F)[C@H]2OC(=O)c1ccccc1. The van der Waals surface area contributed by atoms with Crippen LogP contribution >= 0.6 is 31.9 Å². The molecule has 29 heavy (non-hydrogen) atoms. The van der Waals surface area contributed by atoms with E-state index in [1.165, 1.54) is 24.3 Å². The van der Waals surface area contributed by atoms with Crippen LogP contribution in [0.1, 0.15) is 53.2 Å². The highest BCUT2D eigenvalue weighted by Crippen LogP contribution is 2.65. The third-order valence-electron chi connectivity index (χ3n) is 4.52. The number of carbonyl (C=O) groups excluding carboxylic acids is 1. The fourth-order valence-electron chi connectivity index (χ4n) is 3.12. The number of benzene rings is 1. The van der Waals surface area contributed by atoms with Gasteiger partial charge in [-0.25, -0.2) is 4.79 Å². The molecule has 1 aliphatic carbocycles. The van der Waals surface area contributed by atoms with Crippen LogP contribution in [0.2, 0.25) is 0 Å². The Morgan fingerprint density at radius 2 is 1.86 bits per heavy atom. The van der Waals surface area contributed by atoms with Crippen LogP contribution in [0.5, 0.6) is 0 Å². The van der Waals surface area contributed by atoms with E-state index < -0.39 is 44.4 Å². The first kappa shape index (κ1) is 22.2. The van der Waals surface area contributed by atoms with Gasteiger partial charge in [0.15, 0.2) is 15.0 Å². The molecule has 1 aromatic heterocycles. The minimum atomic E-state index is -5.00. The number of unbranched alkanes of at least 4 members (excludes halogenated alkanes) is 1. The number of hydrogen-bond acceptors (Lipinski definition) is 3. The van der Waals surface area contributed by atoms with Crippen molar-refractivity contribution in [1.29, 1.82) is 0 Å². The highest BCUT2D eigenvalue weighted by molar-refractivity contribution is 9.24. The van der Waals surface area contributed by atoms with Gasteiger partial charge in [0.1, 0.15) is 0 Å². The van der Waals surface area contributed by atoms with Gasteiger partial charge < -0.3 is 4.74 Å². The van der Waals surface area contributed by atoms with Gasteiger partial charge >= 0.3 is 18.1 Å². The quantitative estimate of drug-likeness (QED) is 0.255. The molecule has 0 spiro atoms. The normalized spacial score (nSPS) is 19.8. The maximum absolute atomic E-state index is 15.2. The van der Waals surface area contributed by atoms with Crippen LogP contribution in [0.15, 0.2) is 30.3 Å². The topological polar surface area (TPSA) is 44.1 Å².